The number of hydrogen-bond donors (Lipinski definition) is 1. The van der Waals surface area contributed by atoms with Crippen molar-refractivity contribution in [3.05, 3.63) is 29.6 Å². The Kier molecular flexibility index (Phi) is 5.38. The van der Waals surface area contributed by atoms with E-state index in [2.05, 4.69) is 5.32 Å². The van der Waals surface area contributed by atoms with Crippen LogP contribution in [0.1, 0.15) is 25.5 Å². The summed E-state index contributed by atoms with van der Waals surface area (Å²) in [5.41, 5.74) is 0.633. The van der Waals surface area contributed by atoms with Crippen LogP contribution in [-0.2, 0) is 4.74 Å². The van der Waals surface area contributed by atoms with Gasteiger partial charge >= 0.3 is 0 Å². The summed E-state index contributed by atoms with van der Waals surface area (Å²) < 4.78 is 23.8. The fraction of sp³-hybridized carbons (Fsp3) is 0.538. The van der Waals surface area contributed by atoms with Gasteiger partial charge in [-0.2, -0.15) is 0 Å². The minimum Gasteiger partial charge on any atom is -0.497 e. The number of halogens is 1. The SMILES string of the molecule is COc1ccc(C(C)NCC(C)OC)c(F)c1. The molecule has 4 heteroatoms. The summed E-state index contributed by atoms with van der Waals surface area (Å²) in [6, 6.07) is 4.84. The Bertz CT molecular complexity index is 357. The van der Waals surface area contributed by atoms with Crippen molar-refractivity contribution < 1.29 is 13.9 Å². The Morgan fingerprint density at radius 2 is 2.00 bits per heavy atom. The van der Waals surface area contributed by atoms with Crippen molar-refractivity contribution >= 4 is 0 Å². The molecule has 0 bridgehead atoms. The highest BCUT2D eigenvalue weighted by Gasteiger charge is 2.12. The predicted octanol–water partition coefficient (Wildman–Crippen LogP) is 2.52. The molecule has 0 aliphatic heterocycles. The smallest absolute Gasteiger partial charge is 0.131 e. The minimum absolute atomic E-state index is 0.0569. The van der Waals surface area contributed by atoms with Crippen LogP contribution in [0.25, 0.3) is 0 Å². The molecular weight excluding hydrogens is 221 g/mol. The van der Waals surface area contributed by atoms with Crippen molar-refractivity contribution in [2.75, 3.05) is 20.8 Å². The molecule has 1 aromatic carbocycles. The third-order valence-corrected chi connectivity index (χ3v) is 2.79. The second kappa shape index (κ2) is 6.57. The molecule has 0 aliphatic carbocycles. The van der Waals surface area contributed by atoms with Crippen LogP contribution in [0, 0.1) is 5.82 Å². The van der Waals surface area contributed by atoms with Crippen molar-refractivity contribution in [2.24, 2.45) is 0 Å². The van der Waals surface area contributed by atoms with E-state index in [1.165, 1.54) is 13.2 Å². The fourth-order valence-corrected chi connectivity index (χ4v) is 1.52. The summed E-state index contributed by atoms with van der Waals surface area (Å²) >= 11 is 0. The standard InChI is InChI=1S/C13H20FNO2/c1-9(16-3)8-15-10(2)12-6-5-11(17-4)7-13(12)14/h5-7,9-10,15H,8H2,1-4H3. The molecule has 2 atom stereocenters. The zero-order valence-electron chi connectivity index (χ0n) is 10.8. The zero-order chi connectivity index (χ0) is 12.8. The van der Waals surface area contributed by atoms with Crippen molar-refractivity contribution in [2.45, 2.75) is 26.0 Å². The number of methoxy groups -OCH3 is 2. The van der Waals surface area contributed by atoms with E-state index in [-0.39, 0.29) is 18.0 Å². The first kappa shape index (κ1) is 13.9. The predicted molar refractivity (Wildman–Crippen MR) is 65.8 cm³/mol. The average Bonchev–Trinajstić information content (AvgIpc) is 2.35. The maximum Gasteiger partial charge on any atom is 0.131 e. The number of nitrogens with one attached hydrogen (secondary N) is 1. The van der Waals surface area contributed by atoms with Gasteiger partial charge in [-0.1, -0.05) is 6.07 Å². The Morgan fingerprint density at radius 1 is 1.29 bits per heavy atom. The molecule has 0 aliphatic rings. The lowest BCUT2D eigenvalue weighted by Crippen LogP contribution is -2.28. The molecule has 1 N–H and O–H groups in total. The van der Waals surface area contributed by atoms with Crippen molar-refractivity contribution in [1.29, 1.82) is 0 Å². The maximum atomic E-state index is 13.7. The Balaban J connectivity index is 2.65. The van der Waals surface area contributed by atoms with Crippen LogP contribution in [0.4, 0.5) is 4.39 Å². The minimum atomic E-state index is -0.255. The monoisotopic (exact) mass is 241 g/mol. The van der Waals surface area contributed by atoms with E-state index in [1.807, 2.05) is 13.8 Å². The average molecular weight is 241 g/mol. The summed E-state index contributed by atoms with van der Waals surface area (Å²) in [6.45, 7) is 4.57. The molecule has 0 saturated heterocycles. The van der Waals surface area contributed by atoms with Crippen LogP contribution in [0.3, 0.4) is 0 Å². The number of ether oxygens (including phenoxy) is 2. The zero-order valence-corrected chi connectivity index (χ0v) is 10.8. The molecule has 2 unspecified atom stereocenters. The third kappa shape index (κ3) is 3.98. The van der Waals surface area contributed by atoms with Gasteiger partial charge in [0, 0.05) is 31.3 Å². The van der Waals surface area contributed by atoms with Crippen LogP contribution < -0.4 is 10.1 Å². The van der Waals surface area contributed by atoms with Gasteiger partial charge in [-0.15, -0.1) is 0 Å². The molecule has 17 heavy (non-hydrogen) atoms. The number of benzene rings is 1. The quantitative estimate of drug-likeness (QED) is 0.830. The van der Waals surface area contributed by atoms with Crippen LogP contribution in [0.2, 0.25) is 0 Å². The van der Waals surface area contributed by atoms with Crippen LogP contribution in [0.15, 0.2) is 18.2 Å². The van der Waals surface area contributed by atoms with E-state index in [4.69, 9.17) is 9.47 Å². The van der Waals surface area contributed by atoms with Gasteiger partial charge < -0.3 is 14.8 Å². The fourth-order valence-electron chi connectivity index (χ4n) is 1.52. The van der Waals surface area contributed by atoms with Gasteiger partial charge in [0.25, 0.3) is 0 Å². The normalized spacial score (nSPS) is 14.4. The van der Waals surface area contributed by atoms with Crippen LogP contribution >= 0.6 is 0 Å². The van der Waals surface area contributed by atoms with E-state index < -0.39 is 0 Å². The van der Waals surface area contributed by atoms with Gasteiger partial charge in [0.2, 0.25) is 0 Å². The molecule has 96 valence electrons. The van der Waals surface area contributed by atoms with E-state index in [9.17, 15) is 4.39 Å². The summed E-state index contributed by atoms with van der Waals surface area (Å²) in [6.07, 6.45) is 0.110. The van der Waals surface area contributed by atoms with Gasteiger partial charge in [-0.3, -0.25) is 0 Å². The highest BCUT2D eigenvalue weighted by molar-refractivity contribution is 5.30. The highest BCUT2D eigenvalue weighted by atomic mass is 19.1. The van der Waals surface area contributed by atoms with Crippen LogP contribution in [0.5, 0.6) is 5.75 Å². The largest absolute Gasteiger partial charge is 0.497 e. The molecule has 0 radical (unpaired) electrons. The molecule has 0 saturated carbocycles. The van der Waals surface area contributed by atoms with E-state index in [0.717, 1.165) is 0 Å². The lowest BCUT2D eigenvalue weighted by Gasteiger charge is -2.18. The highest BCUT2D eigenvalue weighted by Crippen LogP contribution is 2.21. The second-order valence-corrected chi connectivity index (χ2v) is 4.06. The molecule has 0 spiro atoms. The molecule has 1 aromatic rings. The first-order chi connectivity index (χ1) is 8.08. The topological polar surface area (TPSA) is 30.5 Å². The molecular formula is C13H20FNO2. The molecule has 0 amide bonds. The third-order valence-electron chi connectivity index (χ3n) is 2.79. The number of hydrogen-bond acceptors (Lipinski definition) is 3. The number of rotatable bonds is 6. The van der Waals surface area contributed by atoms with Gasteiger partial charge in [0.15, 0.2) is 0 Å². The molecule has 0 aromatic heterocycles. The Labute approximate surface area is 102 Å². The van der Waals surface area contributed by atoms with Gasteiger partial charge in [0.1, 0.15) is 11.6 Å². The van der Waals surface area contributed by atoms with Gasteiger partial charge in [0.05, 0.1) is 13.2 Å². The molecule has 0 heterocycles. The van der Waals surface area contributed by atoms with Crippen molar-refractivity contribution in [1.82, 2.24) is 5.32 Å². The lowest BCUT2D eigenvalue weighted by molar-refractivity contribution is 0.114. The first-order valence-electron chi connectivity index (χ1n) is 5.68. The Morgan fingerprint density at radius 3 is 2.53 bits per heavy atom. The van der Waals surface area contributed by atoms with Gasteiger partial charge in [-0.25, -0.2) is 4.39 Å². The van der Waals surface area contributed by atoms with Crippen LogP contribution in [-0.4, -0.2) is 26.9 Å². The van der Waals surface area contributed by atoms with E-state index in [1.54, 1.807) is 19.2 Å². The molecule has 0 fully saturated rings. The van der Waals surface area contributed by atoms with E-state index >= 15 is 0 Å². The van der Waals surface area contributed by atoms with Gasteiger partial charge in [-0.05, 0) is 19.9 Å². The Hall–Kier alpha value is -1.13. The van der Waals surface area contributed by atoms with Crippen molar-refractivity contribution in [3.63, 3.8) is 0 Å². The first-order valence-corrected chi connectivity index (χ1v) is 5.68. The maximum absolute atomic E-state index is 13.7. The lowest BCUT2D eigenvalue weighted by atomic mass is 10.1. The molecule has 3 nitrogen and oxygen atoms in total. The second-order valence-electron chi connectivity index (χ2n) is 4.06. The van der Waals surface area contributed by atoms with E-state index in [0.29, 0.717) is 17.9 Å². The summed E-state index contributed by atoms with van der Waals surface area (Å²) in [4.78, 5) is 0. The summed E-state index contributed by atoms with van der Waals surface area (Å²) in [5, 5.41) is 3.22. The molecule has 1 rings (SSSR count). The summed E-state index contributed by atoms with van der Waals surface area (Å²) in [5.74, 6) is 0.276. The van der Waals surface area contributed by atoms with Crippen molar-refractivity contribution in [3.8, 4) is 5.75 Å². The summed E-state index contributed by atoms with van der Waals surface area (Å²) in [7, 11) is 3.18.